The van der Waals surface area contributed by atoms with Crippen LogP contribution in [0.5, 0.6) is 0 Å². The van der Waals surface area contributed by atoms with Gasteiger partial charge in [-0.1, -0.05) is 20.8 Å². The Morgan fingerprint density at radius 2 is 2.08 bits per heavy atom. The Morgan fingerprint density at radius 1 is 1.38 bits per heavy atom. The van der Waals surface area contributed by atoms with E-state index in [-0.39, 0.29) is 23.7 Å². The third kappa shape index (κ3) is 3.60. The van der Waals surface area contributed by atoms with Crippen molar-refractivity contribution in [1.82, 2.24) is 9.29 Å². The van der Waals surface area contributed by atoms with Crippen LogP contribution in [0.25, 0.3) is 10.2 Å². The van der Waals surface area contributed by atoms with Crippen LogP contribution in [0.1, 0.15) is 32.2 Å². The van der Waals surface area contributed by atoms with Crippen molar-refractivity contribution in [2.75, 3.05) is 19.6 Å². The second kappa shape index (κ2) is 6.88. The molecule has 0 spiro atoms. The molecule has 0 amide bonds. The third-order valence-electron chi connectivity index (χ3n) is 4.22. The van der Waals surface area contributed by atoms with Crippen molar-refractivity contribution in [2.24, 2.45) is 11.7 Å². The molecular formula is C16H24ClN3O2S2. The second-order valence-electron chi connectivity index (χ2n) is 7.15. The van der Waals surface area contributed by atoms with Crippen LogP contribution in [0.4, 0.5) is 0 Å². The molecule has 134 valence electrons. The van der Waals surface area contributed by atoms with Gasteiger partial charge >= 0.3 is 0 Å². The molecule has 1 unspecified atom stereocenters. The highest BCUT2D eigenvalue weighted by Crippen LogP contribution is 2.33. The normalized spacial score (nSPS) is 19.6. The lowest BCUT2D eigenvalue weighted by atomic mass is 9.98. The van der Waals surface area contributed by atoms with Gasteiger partial charge in [0.25, 0.3) is 0 Å². The molecule has 1 aromatic carbocycles. The maximum absolute atomic E-state index is 12.8. The van der Waals surface area contributed by atoms with E-state index in [2.05, 4.69) is 25.8 Å². The molecule has 1 saturated heterocycles. The lowest BCUT2D eigenvalue weighted by molar-refractivity contribution is 0.459. The Morgan fingerprint density at radius 3 is 2.67 bits per heavy atom. The van der Waals surface area contributed by atoms with E-state index >= 15 is 0 Å². The highest BCUT2D eigenvalue weighted by molar-refractivity contribution is 7.89. The first-order valence-corrected chi connectivity index (χ1v) is 10.1. The molecule has 8 heteroatoms. The van der Waals surface area contributed by atoms with Gasteiger partial charge in [0.15, 0.2) is 0 Å². The summed E-state index contributed by atoms with van der Waals surface area (Å²) in [6.45, 7) is 7.94. The monoisotopic (exact) mass is 389 g/mol. The number of hydrogen-bond acceptors (Lipinski definition) is 5. The molecule has 2 heterocycles. The number of nitrogens with zero attached hydrogens (tertiary/aromatic N) is 2. The quantitative estimate of drug-likeness (QED) is 0.875. The molecule has 0 radical (unpaired) electrons. The zero-order valence-electron chi connectivity index (χ0n) is 14.2. The summed E-state index contributed by atoms with van der Waals surface area (Å²) in [5.41, 5.74) is 6.49. The van der Waals surface area contributed by atoms with Crippen molar-refractivity contribution < 1.29 is 8.42 Å². The zero-order chi connectivity index (χ0) is 16.8. The summed E-state index contributed by atoms with van der Waals surface area (Å²) in [6.07, 6.45) is 0.840. The lowest BCUT2D eigenvalue weighted by Gasteiger charge is -2.16. The Bertz CT molecular complexity index is 827. The second-order valence-corrected chi connectivity index (χ2v) is 10.1. The van der Waals surface area contributed by atoms with E-state index in [9.17, 15) is 8.42 Å². The van der Waals surface area contributed by atoms with Crippen molar-refractivity contribution in [3.8, 4) is 0 Å². The zero-order valence-corrected chi connectivity index (χ0v) is 16.6. The van der Waals surface area contributed by atoms with Crippen molar-refractivity contribution in [2.45, 2.75) is 37.5 Å². The summed E-state index contributed by atoms with van der Waals surface area (Å²) in [4.78, 5) is 4.98. The predicted octanol–water partition coefficient (Wildman–Crippen LogP) is 2.98. The van der Waals surface area contributed by atoms with Gasteiger partial charge in [0.1, 0.15) is 0 Å². The van der Waals surface area contributed by atoms with Gasteiger partial charge in [-0.3, -0.25) is 0 Å². The van der Waals surface area contributed by atoms with Gasteiger partial charge in [0.05, 0.1) is 20.1 Å². The molecule has 2 aromatic rings. The fourth-order valence-corrected chi connectivity index (χ4v) is 5.44. The molecule has 2 N–H and O–H groups in total. The fourth-order valence-electron chi connectivity index (χ4n) is 2.74. The first kappa shape index (κ1) is 19.6. The fraction of sp³-hybridized carbons (Fsp3) is 0.562. The van der Waals surface area contributed by atoms with E-state index in [1.165, 1.54) is 0 Å². The molecule has 5 nitrogen and oxygen atoms in total. The number of fused-ring (bicyclic) bond motifs is 1. The number of thiazole rings is 1. The highest BCUT2D eigenvalue weighted by Gasteiger charge is 2.32. The number of rotatable bonds is 3. The summed E-state index contributed by atoms with van der Waals surface area (Å²) in [5.74, 6) is 0.268. The predicted molar refractivity (Wildman–Crippen MR) is 101 cm³/mol. The van der Waals surface area contributed by atoms with E-state index in [0.717, 1.165) is 21.6 Å². The van der Waals surface area contributed by atoms with Gasteiger partial charge in [0, 0.05) is 18.5 Å². The number of sulfonamides is 1. The van der Waals surface area contributed by atoms with Crippen LogP contribution in [0.2, 0.25) is 0 Å². The van der Waals surface area contributed by atoms with Gasteiger partial charge in [-0.2, -0.15) is 4.31 Å². The molecule has 1 fully saturated rings. The molecule has 1 aromatic heterocycles. The van der Waals surface area contributed by atoms with Crippen LogP contribution in [-0.2, 0) is 15.4 Å². The van der Waals surface area contributed by atoms with Gasteiger partial charge in [-0.25, -0.2) is 13.4 Å². The van der Waals surface area contributed by atoms with Crippen molar-refractivity contribution in [3.63, 3.8) is 0 Å². The minimum absolute atomic E-state index is 0. The van der Waals surface area contributed by atoms with Crippen LogP contribution in [0.15, 0.2) is 23.1 Å². The molecule has 0 saturated carbocycles. The maximum Gasteiger partial charge on any atom is 0.243 e. The Balaban J connectivity index is 0.00000208. The molecule has 0 bridgehead atoms. The summed E-state index contributed by atoms with van der Waals surface area (Å²) in [6, 6.07) is 5.23. The van der Waals surface area contributed by atoms with Crippen LogP contribution in [-0.4, -0.2) is 37.3 Å². The van der Waals surface area contributed by atoms with Gasteiger partial charge in [-0.05, 0) is 37.1 Å². The molecule has 1 aliphatic rings. The Hall–Kier alpha value is -0.730. The van der Waals surface area contributed by atoms with Crippen LogP contribution in [0.3, 0.4) is 0 Å². The number of nitrogens with two attached hydrogens (primary N) is 1. The van der Waals surface area contributed by atoms with E-state index in [0.29, 0.717) is 24.5 Å². The molecule has 0 aliphatic carbocycles. The third-order valence-corrected chi connectivity index (χ3v) is 7.53. The lowest BCUT2D eigenvalue weighted by Crippen LogP contribution is -2.29. The van der Waals surface area contributed by atoms with E-state index in [4.69, 9.17) is 5.73 Å². The topological polar surface area (TPSA) is 76.3 Å². The van der Waals surface area contributed by atoms with Crippen LogP contribution < -0.4 is 5.73 Å². The molecule has 1 aliphatic heterocycles. The molecule has 24 heavy (non-hydrogen) atoms. The van der Waals surface area contributed by atoms with E-state index in [1.54, 1.807) is 27.8 Å². The summed E-state index contributed by atoms with van der Waals surface area (Å²) in [5, 5.41) is 1.02. The van der Waals surface area contributed by atoms with Gasteiger partial charge < -0.3 is 5.73 Å². The highest BCUT2D eigenvalue weighted by atomic mass is 35.5. The standard InChI is InChI=1S/C16H23N3O2S2.ClH/c1-16(2,3)15-18-13-5-4-12(8-14(13)22-15)23(20,21)19-7-6-11(9-17)10-19;/h4-5,8,11H,6-7,9-10,17H2,1-3H3;1H. The minimum Gasteiger partial charge on any atom is -0.330 e. The van der Waals surface area contributed by atoms with E-state index < -0.39 is 10.0 Å². The minimum atomic E-state index is -3.44. The SMILES string of the molecule is CC(C)(C)c1nc2ccc(S(=O)(=O)N3CCC(CN)C3)cc2s1.Cl. The number of aromatic nitrogens is 1. The first-order valence-electron chi connectivity index (χ1n) is 7.83. The van der Waals surface area contributed by atoms with Crippen molar-refractivity contribution >= 4 is 44.0 Å². The number of benzene rings is 1. The van der Waals surface area contributed by atoms with Crippen LogP contribution in [0, 0.1) is 5.92 Å². The summed E-state index contributed by atoms with van der Waals surface area (Å²) in [7, 11) is -3.44. The van der Waals surface area contributed by atoms with Gasteiger partial charge in [-0.15, -0.1) is 23.7 Å². The van der Waals surface area contributed by atoms with Crippen molar-refractivity contribution in [3.05, 3.63) is 23.2 Å². The number of halogens is 1. The summed E-state index contributed by atoms with van der Waals surface area (Å²) < 4.78 is 28.1. The number of hydrogen-bond donors (Lipinski definition) is 1. The maximum atomic E-state index is 12.8. The molecular weight excluding hydrogens is 366 g/mol. The molecule has 1 atom stereocenters. The van der Waals surface area contributed by atoms with Crippen molar-refractivity contribution in [1.29, 1.82) is 0 Å². The van der Waals surface area contributed by atoms with Crippen LogP contribution >= 0.6 is 23.7 Å². The Labute approximate surface area is 153 Å². The summed E-state index contributed by atoms with van der Waals surface area (Å²) >= 11 is 1.57. The smallest absolute Gasteiger partial charge is 0.243 e. The van der Waals surface area contributed by atoms with Gasteiger partial charge in [0.2, 0.25) is 10.0 Å². The van der Waals surface area contributed by atoms with E-state index in [1.807, 2.05) is 6.07 Å². The average molecular weight is 390 g/mol. The average Bonchev–Trinajstić information content (AvgIpc) is 3.12. The Kier molecular flexibility index (Phi) is 5.62. The molecule has 3 rings (SSSR count). The first-order chi connectivity index (χ1) is 10.7. The largest absolute Gasteiger partial charge is 0.330 e.